The van der Waals surface area contributed by atoms with Crippen LogP contribution in [0.2, 0.25) is 0 Å². The van der Waals surface area contributed by atoms with Crippen molar-refractivity contribution in [1.82, 2.24) is 0 Å². The molecule has 0 unspecified atom stereocenters. The molecule has 0 saturated carbocycles. The first-order valence-electron chi connectivity index (χ1n) is 7.32. The van der Waals surface area contributed by atoms with Gasteiger partial charge >= 0.3 is 0 Å². The Morgan fingerprint density at radius 2 is 1.95 bits per heavy atom. The quantitative estimate of drug-likeness (QED) is 0.835. The second-order valence-corrected chi connectivity index (χ2v) is 6.80. The molecule has 1 aliphatic rings. The first kappa shape index (κ1) is 14.9. The third-order valence-corrected chi connectivity index (χ3v) is 4.54. The summed E-state index contributed by atoms with van der Waals surface area (Å²) in [4.78, 5) is 19.3. The molecule has 0 fully saturated rings. The maximum Gasteiger partial charge on any atom is 0.264 e. The van der Waals surface area contributed by atoms with E-state index in [1.165, 1.54) is 0 Å². The summed E-state index contributed by atoms with van der Waals surface area (Å²) in [5, 5.41) is 1.19. The summed E-state index contributed by atoms with van der Waals surface area (Å²) >= 11 is 1.65. The molecule has 0 aromatic heterocycles. The van der Waals surface area contributed by atoms with Crippen LogP contribution in [0.25, 0.3) is 0 Å². The van der Waals surface area contributed by atoms with E-state index in [-0.39, 0.29) is 5.91 Å². The number of aryl methyl sites for hydroxylation is 1. The lowest BCUT2D eigenvalue weighted by molar-refractivity contribution is 0.100. The molecule has 3 nitrogen and oxygen atoms in total. The minimum absolute atomic E-state index is 0.0356. The van der Waals surface area contributed by atoms with Gasteiger partial charge in [0.25, 0.3) is 5.91 Å². The number of rotatable bonds is 2. The highest BCUT2D eigenvalue weighted by Gasteiger charge is 2.28. The van der Waals surface area contributed by atoms with Gasteiger partial charge in [0.1, 0.15) is 0 Å². The average Bonchev–Trinajstić information content (AvgIpc) is 2.94. The van der Waals surface area contributed by atoms with Crippen molar-refractivity contribution < 1.29 is 4.79 Å². The number of carbonyl (C=O) groups excluding carboxylic acids is 1. The summed E-state index contributed by atoms with van der Waals surface area (Å²) in [6.07, 6.45) is 0. The van der Waals surface area contributed by atoms with E-state index in [0.717, 1.165) is 23.0 Å². The molecule has 22 heavy (non-hydrogen) atoms. The fraction of sp³-hybridized carbons (Fsp3) is 0.222. The van der Waals surface area contributed by atoms with Crippen molar-refractivity contribution in [3.8, 4) is 0 Å². The van der Waals surface area contributed by atoms with Crippen LogP contribution in [-0.4, -0.2) is 22.9 Å². The maximum atomic E-state index is 13.0. The number of amidine groups is 1. The van der Waals surface area contributed by atoms with Crippen molar-refractivity contribution in [3.05, 3.63) is 65.7 Å². The van der Waals surface area contributed by atoms with Crippen LogP contribution in [0.4, 0.5) is 5.69 Å². The van der Waals surface area contributed by atoms with Crippen LogP contribution in [0.1, 0.15) is 22.8 Å². The van der Waals surface area contributed by atoms with Gasteiger partial charge in [0.05, 0.1) is 12.2 Å². The molecule has 0 aliphatic carbocycles. The predicted octanol–water partition coefficient (Wildman–Crippen LogP) is 4.13. The Labute approximate surface area is 135 Å². The number of benzene rings is 2. The van der Waals surface area contributed by atoms with Crippen LogP contribution in [-0.2, 0) is 0 Å². The molecule has 1 atom stereocenters. The van der Waals surface area contributed by atoms with E-state index in [4.69, 9.17) is 0 Å². The Hall–Kier alpha value is -2.07. The molecule has 1 aliphatic heterocycles. The molecule has 112 valence electrons. The Morgan fingerprint density at radius 3 is 2.59 bits per heavy atom. The van der Waals surface area contributed by atoms with Crippen molar-refractivity contribution in [2.45, 2.75) is 19.1 Å². The molecule has 4 heteroatoms. The summed E-state index contributed by atoms with van der Waals surface area (Å²) in [6.45, 7) is 4.91. The molecule has 3 rings (SSSR count). The minimum Gasteiger partial charge on any atom is -0.268 e. The molecular weight excluding hydrogens is 292 g/mol. The number of carbonyl (C=O) groups is 1. The van der Waals surface area contributed by atoms with Gasteiger partial charge in [-0.05, 0) is 36.8 Å². The van der Waals surface area contributed by atoms with E-state index in [1.807, 2.05) is 61.5 Å². The SMILES string of the molecule is Cc1cccc(N(C(=O)c2ccccc2)C2=NC[C@@H](C)S2)c1. The molecule has 0 radical (unpaired) electrons. The number of anilines is 1. The van der Waals surface area contributed by atoms with Crippen LogP contribution < -0.4 is 4.90 Å². The van der Waals surface area contributed by atoms with E-state index < -0.39 is 0 Å². The molecule has 0 bridgehead atoms. The van der Waals surface area contributed by atoms with Gasteiger partial charge < -0.3 is 0 Å². The van der Waals surface area contributed by atoms with E-state index in [1.54, 1.807) is 16.7 Å². The number of hydrogen-bond donors (Lipinski definition) is 0. The van der Waals surface area contributed by atoms with E-state index in [9.17, 15) is 4.79 Å². The second kappa shape index (κ2) is 6.36. The highest BCUT2D eigenvalue weighted by atomic mass is 32.2. The maximum absolute atomic E-state index is 13.0. The molecule has 1 heterocycles. The van der Waals surface area contributed by atoms with Gasteiger partial charge in [-0.15, -0.1) is 0 Å². The van der Waals surface area contributed by atoms with Crippen molar-refractivity contribution in [2.75, 3.05) is 11.4 Å². The van der Waals surface area contributed by atoms with Gasteiger partial charge in [-0.1, -0.05) is 49.0 Å². The third kappa shape index (κ3) is 3.07. The van der Waals surface area contributed by atoms with Gasteiger partial charge in [0.15, 0.2) is 5.17 Å². The van der Waals surface area contributed by atoms with Crippen molar-refractivity contribution in [1.29, 1.82) is 0 Å². The smallest absolute Gasteiger partial charge is 0.264 e. The van der Waals surface area contributed by atoms with Crippen molar-refractivity contribution in [2.24, 2.45) is 4.99 Å². The number of thioether (sulfide) groups is 1. The Kier molecular flexibility index (Phi) is 4.29. The Bertz CT molecular complexity index is 712. The lowest BCUT2D eigenvalue weighted by Crippen LogP contribution is -2.34. The topological polar surface area (TPSA) is 32.7 Å². The number of aliphatic imine (C=N–C) groups is 1. The second-order valence-electron chi connectivity index (χ2n) is 5.40. The summed E-state index contributed by atoms with van der Waals surface area (Å²) in [6, 6.07) is 17.3. The molecule has 0 saturated heterocycles. The predicted molar refractivity (Wildman–Crippen MR) is 93.8 cm³/mol. The first-order valence-corrected chi connectivity index (χ1v) is 8.20. The van der Waals surface area contributed by atoms with E-state index >= 15 is 0 Å². The molecule has 2 aromatic rings. The van der Waals surface area contributed by atoms with E-state index in [0.29, 0.717) is 10.8 Å². The number of amides is 1. The average molecular weight is 310 g/mol. The first-order chi connectivity index (χ1) is 10.6. The van der Waals surface area contributed by atoms with Gasteiger partial charge in [0.2, 0.25) is 0 Å². The van der Waals surface area contributed by atoms with Crippen LogP contribution in [0.15, 0.2) is 59.6 Å². The zero-order valence-electron chi connectivity index (χ0n) is 12.7. The molecule has 0 N–H and O–H groups in total. The normalized spacial score (nSPS) is 17.2. The summed E-state index contributed by atoms with van der Waals surface area (Å²) in [7, 11) is 0. The molecule has 0 spiro atoms. The number of nitrogens with zero attached hydrogens (tertiary/aromatic N) is 2. The fourth-order valence-corrected chi connectivity index (χ4v) is 3.33. The lowest BCUT2D eigenvalue weighted by Gasteiger charge is -2.23. The third-order valence-electron chi connectivity index (χ3n) is 3.47. The number of hydrogen-bond acceptors (Lipinski definition) is 3. The zero-order chi connectivity index (χ0) is 15.5. The summed E-state index contributed by atoms with van der Waals surface area (Å²) < 4.78 is 0. The van der Waals surface area contributed by atoms with E-state index in [2.05, 4.69) is 11.9 Å². The standard InChI is InChI=1S/C18H18N2OS/c1-13-7-6-10-16(11-13)20(18-19-12-14(2)22-18)17(21)15-8-4-3-5-9-15/h3-11,14H,12H2,1-2H3/t14-/m1/s1. The largest absolute Gasteiger partial charge is 0.268 e. The Morgan fingerprint density at radius 1 is 1.18 bits per heavy atom. The highest BCUT2D eigenvalue weighted by Crippen LogP contribution is 2.29. The molecule has 1 amide bonds. The summed E-state index contributed by atoms with van der Waals surface area (Å²) in [5.74, 6) is -0.0356. The van der Waals surface area contributed by atoms with Crippen molar-refractivity contribution in [3.63, 3.8) is 0 Å². The van der Waals surface area contributed by atoms with Gasteiger partial charge in [-0.2, -0.15) is 0 Å². The fourth-order valence-electron chi connectivity index (χ4n) is 2.38. The van der Waals surface area contributed by atoms with Gasteiger partial charge in [0, 0.05) is 10.8 Å². The molecular formula is C18H18N2OS. The van der Waals surface area contributed by atoms with Crippen LogP contribution in [0.5, 0.6) is 0 Å². The zero-order valence-corrected chi connectivity index (χ0v) is 13.5. The van der Waals surface area contributed by atoms with Crippen LogP contribution >= 0.6 is 11.8 Å². The van der Waals surface area contributed by atoms with Gasteiger partial charge in [-0.3, -0.25) is 14.7 Å². The highest BCUT2D eigenvalue weighted by molar-refractivity contribution is 8.15. The minimum atomic E-state index is -0.0356. The molecule has 2 aromatic carbocycles. The van der Waals surface area contributed by atoms with Crippen LogP contribution in [0.3, 0.4) is 0 Å². The lowest BCUT2D eigenvalue weighted by atomic mass is 10.1. The monoisotopic (exact) mass is 310 g/mol. The van der Waals surface area contributed by atoms with Crippen molar-refractivity contribution >= 4 is 28.5 Å². The van der Waals surface area contributed by atoms with Gasteiger partial charge in [-0.25, -0.2) is 0 Å². The Balaban J connectivity index is 2.02. The summed E-state index contributed by atoms with van der Waals surface area (Å²) in [5.41, 5.74) is 2.67. The van der Waals surface area contributed by atoms with Crippen LogP contribution in [0, 0.1) is 6.92 Å².